The fraction of sp³-hybridized carbons (Fsp3) is 0.200. The molecule has 0 aliphatic heterocycles. The number of amides is 1. The third-order valence-corrected chi connectivity index (χ3v) is 1.48. The maximum absolute atomic E-state index is 10.9. The summed E-state index contributed by atoms with van der Waals surface area (Å²) in [4.78, 5) is 14.9. The second kappa shape index (κ2) is 5.01. The van der Waals surface area contributed by atoms with E-state index in [1.165, 1.54) is 12.3 Å². The third kappa shape index (κ3) is 2.90. The van der Waals surface area contributed by atoms with Gasteiger partial charge in [0.2, 0.25) is 11.8 Å². The fourth-order valence-electron chi connectivity index (χ4n) is 0.881. The van der Waals surface area contributed by atoms with E-state index < -0.39 is 0 Å². The first-order valence-corrected chi connectivity index (χ1v) is 4.28. The smallest absolute Gasteiger partial charge is 0.247 e. The Bertz CT molecular complexity index is 319. The second-order valence-electron chi connectivity index (χ2n) is 2.51. The summed E-state index contributed by atoms with van der Waals surface area (Å²) in [5.41, 5.74) is 0.623. The van der Waals surface area contributed by atoms with E-state index in [0.29, 0.717) is 18.2 Å². The van der Waals surface area contributed by atoms with Crippen molar-refractivity contribution in [2.24, 2.45) is 0 Å². The minimum atomic E-state index is -0.254. The van der Waals surface area contributed by atoms with Crippen LogP contribution in [0.4, 0.5) is 5.69 Å². The van der Waals surface area contributed by atoms with Crippen LogP contribution < -0.4 is 10.1 Å². The molecule has 1 N–H and O–H groups in total. The Labute approximate surface area is 82.6 Å². The number of pyridine rings is 1. The van der Waals surface area contributed by atoms with Crippen LogP contribution in [0.3, 0.4) is 0 Å². The lowest BCUT2D eigenvalue weighted by Crippen LogP contribution is -2.07. The van der Waals surface area contributed by atoms with Crippen LogP contribution in [0.25, 0.3) is 0 Å². The van der Waals surface area contributed by atoms with E-state index in [0.717, 1.165) is 0 Å². The van der Waals surface area contributed by atoms with Gasteiger partial charge < -0.3 is 10.1 Å². The average molecular weight is 192 g/mol. The van der Waals surface area contributed by atoms with Crippen LogP contribution >= 0.6 is 0 Å². The molecule has 74 valence electrons. The highest BCUT2D eigenvalue weighted by Crippen LogP contribution is 2.11. The largest absolute Gasteiger partial charge is 0.478 e. The highest BCUT2D eigenvalue weighted by atomic mass is 16.5. The van der Waals surface area contributed by atoms with Gasteiger partial charge in [-0.3, -0.25) is 4.79 Å². The molecule has 0 spiro atoms. The molecule has 1 aromatic rings. The number of nitrogens with one attached hydrogen (secondary N) is 1. The van der Waals surface area contributed by atoms with E-state index in [1.54, 1.807) is 12.1 Å². The lowest BCUT2D eigenvalue weighted by molar-refractivity contribution is -0.111. The van der Waals surface area contributed by atoms with Gasteiger partial charge in [0.25, 0.3) is 0 Å². The Morgan fingerprint density at radius 3 is 3.00 bits per heavy atom. The molecule has 1 amide bonds. The number of anilines is 1. The molecule has 1 heterocycles. The van der Waals surface area contributed by atoms with Crippen LogP contribution in [0.1, 0.15) is 6.92 Å². The average Bonchev–Trinajstić information content (AvgIpc) is 2.21. The van der Waals surface area contributed by atoms with Gasteiger partial charge in [-0.1, -0.05) is 6.58 Å². The molecule has 1 aromatic heterocycles. The second-order valence-corrected chi connectivity index (χ2v) is 2.51. The molecule has 4 nitrogen and oxygen atoms in total. The molecule has 0 atom stereocenters. The van der Waals surface area contributed by atoms with Gasteiger partial charge in [0.15, 0.2) is 0 Å². The SMILES string of the molecule is C=CC(=O)Nc1ccc(OCC)nc1. The van der Waals surface area contributed by atoms with Crippen molar-refractivity contribution in [3.63, 3.8) is 0 Å². The van der Waals surface area contributed by atoms with Crippen molar-refractivity contribution >= 4 is 11.6 Å². The summed E-state index contributed by atoms with van der Waals surface area (Å²) in [6.07, 6.45) is 2.74. The maximum Gasteiger partial charge on any atom is 0.247 e. The number of carbonyl (C=O) groups excluding carboxylic acids is 1. The zero-order valence-electron chi connectivity index (χ0n) is 7.99. The summed E-state index contributed by atoms with van der Waals surface area (Å²) in [6.45, 7) is 5.81. The summed E-state index contributed by atoms with van der Waals surface area (Å²) >= 11 is 0. The summed E-state index contributed by atoms with van der Waals surface area (Å²) < 4.78 is 5.15. The Kier molecular flexibility index (Phi) is 3.67. The molecule has 0 aromatic carbocycles. The Balaban J connectivity index is 2.63. The first-order valence-electron chi connectivity index (χ1n) is 4.28. The molecular formula is C10H12N2O2. The molecule has 0 saturated heterocycles. The highest BCUT2D eigenvalue weighted by Gasteiger charge is 1.98. The number of nitrogens with zero attached hydrogens (tertiary/aromatic N) is 1. The molecule has 0 saturated carbocycles. The van der Waals surface area contributed by atoms with Crippen LogP contribution in [0, 0.1) is 0 Å². The molecule has 0 bridgehead atoms. The van der Waals surface area contributed by atoms with Crippen molar-refractivity contribution < 1.29 is 9.53 Å². The molecule has 0 fully saturated rings. The van der Waals surface area contributed by atoms with Gasteiger partial charge in [0.05, 0.1) is 18.5 Å². The maximum atomic E-state index is 10.9. The van der Waals surface area contributed by atoms with Gasteiger partial charge >= 0.3 is 0 Å². The van der Waals surface area contributed by atoms with Gasteiger partial charge in [-0.05, 0) is 19.1 Å². The molecule has 0 aliphatic carbocycles. The van der Waals surface area contributed by atoms with E-state index in [-0.39, 0.29) is 5.91 Å². The van der Waals surface area contributed by atoms with Crippen LogP contribution in [-0.2, 0) is 4.79 Å². The first-order chi connectivity index (χ1) is 6.76. The standard InChI is InChI=1S/C10H12N2O2/c1-3-9(13)12-8-5-6-10(11-7-8)14-4-2/h3,5-7H,1,4H2,2H3,(H,12,13). The zero-order valence-corrected chi connectivity index (χ0v) is 7.99. The first kappa shape index (κ1) is 10.2. The van der Waals surface area contributed by atoms with Gasteiger partial charge in [-0.2, -0.15) is 0 Å². The summed E-state index contributed by atoms with van der Waals surface area (Å²) in [5.74, 6) is 0.292. The lowest BCUT2D eigenvalue weighted by Gasteiger charge is -2.03. The zero-order chi connectivity index (χ0) is 10.4. The summed E-state index contributed by atoms with van der Waals surface area (Å²) in [7, 11) is 0. The number of aromatic nitrogens is 1. The van der Waals surface area contributed by atoms with Gasteiger partial charge in [-0.15, -0.1) is 0 Å². The van der Waals surface area contributed by atoms with Crippen LogP contribution in [-0.4, -0.2) is 17.5 Å². The molecular weight excluding hydrogens is 180 g/mol. The molecule has 0 unspecified atom stereocenters. The number of carbonyl (C=O) groups is 1. The molecule has 0 aliphatic rings. The van der Waals surface area contributed by atoms with Crippen LogP contribution in [0.5, 0.6) is 5.88 Å². The van der Waals surface area contributed by atoms with E-state index in [4.69, 9.17) is 4.74 Å². The molecule has 0 radical (unpaired) electrons. The Morgan fingerprint density at radius 1 is 1.71 bits per heavy atom. The van der Waals surface area contributed by atoms with Crippen molar-refractivity contribution in [2.45, 2.75) is 6.92 Å². The predicted octanol–water partition coefficient (Wildman–Crippen LogP) is 1.60. The van der Waals surface area contributed by atoms with Crippen molar-refractivity contribution in [1.29, 1.82) is 0 Å². The third-order valence-electron chi connectivity index (χ3n) is 1.48. The summed E-state index contributed by atoms with van der Waals surface area (Å²) in [6, 6.07) is 3.42. The van der Waals surface area contributed by atoms with E-state index in [1.807, 2.05) is 6.92 Å². The number of rotatable bonds is 4. The van der Waals surface area contributed by atoms with E-state index in [9.17, 15) is 4.79 Å². The monoisotopic (exact) mass is 192 g/mol. The quantitative estimate of drug-likeness (QED) is 0.737. The van der Waals surface area contributed by atoms with E-state index in [2.05, 4.69) is 16.9 Å². The lowest BCUT2D eigenvalue weighted by atomic mass is 10.4. The van der Waals surface area contributed by atoms with Crippen LogP contribution in [0.15, 0.2) is 31.0 Å². The minimum absolute atomic E-state index is 0.254. The van der Waals surface area contributed by atoms with Gasteiger partial charge in [-0.25, -0.2) is 4.98 Å². The topological polar surface area (TPSA) is 51.2 Å². The number of ether oxygens (including phenoxy) is 1. The predicted molar refractivity (Wildman–Crippen MR) is 54.2 cm³/mol. The van der Waals surface area contributed by atoms with Crippen molar-refractivity contribution in [3.05, 3.63) is 31.0 Å². The van der Waals surface area contributed by atoms with Crippen LogP contribution in [0.2, 0.25) is 0 Å². The Hall–Kier alpha value is -1.84. The van der Waals surface area contributed by atoms with Crippen molar-refractivity contribution in [3.8, 4) is 5.88 Å². The summed E-state index contributed by atoms with van der Waals surface area (Å²) in [5, 5.41) is 2.59. The molecule has 14 heavy (non-hydrogen) atoms. The highest BCUT2D eigenvalue weighted by molar-refractivity contribution is 5.98. The normalized spacial score (nSPS) is 9.21. The van der Waals surface area contributed by atoms with Gasteiger partial charge in [0.1, 0.15) is 0 Å². The van der Waals surface area contributed by atoms with E-state index >= 15 is 0 Å². The number of hydrogen-bond donors (Lipinski definition) is 1. The molecule has 1 rings (SSSR count). The van der Waals surface area contributed by atoms with Crippen molar-refractivity contribution in [2.75, 3.05) is 11.9 Å². The minimum Gasteiger partial charge on any atom is -0.478 e. The number of hydrogen-bond acceptors (Lipinski definition) is 3. The van der Waals surface area contributed by atoms with Crippen molar-refractivity contribution in [1.82, 2.24) is 4.98 Å². The molecule has 4 heteroatoms. The van der Waals surface area contributed by atoms with Gasteiger partial charge in [0, 0.05) is 6.07 Å². The fourth-order valence-corrected chi connectivity index (χ4v) is 0.881. The Morgan fingerprint density at radius 2 is 2.50 bits per heavy atom.